The van der Waals surface area contributed by atoms with Gasteiger partial charge in [0.05, 0.1) is 12.7 Å². The highest BCUT2D eigenvalue weighted by Gasteiger charge is 2.24. The Labute approximate surface area is 139 Å². The number of aryl methyl sites for hydroxylation is 1. The van der Waals surface area contributed by atoms with Gasteiger partial charge >= 0.3 is 0 Å². The molecule has 23 heavy (non-hydrogen) atoms. The Hall–Kier alpha value is -1.11. The summed E-state index contributed by atoms with van der Waals surface area (Å²) in [5.74, 6) is 0.659. The van der Waals surface area contributed by atoms with Crippen molar-refractivity contribution in [2.75, 3.05) is 19.8 Å². The van der Waals surface area contributed by atoms with Gasteiger partial charge in [-0.15, -0.1) is 0 Å². The number of benzene rings is 1. The van der Waals surface area contributed by atoms with Crippen LogP contribution in [0.3, 0.4) is 0 Å². The molecular formula is C17H27NO4S. The van der Waals surface area contributed by atoms with E-state index in [1.165, 1.54) is 0 Å². The van der Waals surface area contributed by atoms with Gasteiger partial charge < -0.3 is 9.47 Å². The summed E-state index contributed by atoms with van der Waals surface area (Å²) in [5.41, 5.74) is 2.06. The van der Waals surface area contributed by atoms with Crippen LogP contribution < -0.4 is 9.46 Å². The van der Waals surface area contributed by atoms with Crippen molar-refractivity contribution in [1.29, 1.82) is 0 Å². The molecule has 1 fully saturated rings. The molecule has 1 heterocycles. The van der Waals surface area contributed by atoms with Crippen molar-refractivity contribution >= 4 is 10.0 Å². The Balaban J connectivity index is 2.31. The van der Waals surface area contributed by atoms with Crippen molar-refractivity contribution in [3.8, 4) is 5.75 Å². The molecule has 1 aromatic rings. The van der Waals surface area contributed by atoms with E-state index in [0.717, 1.165) is 24.0 Å². The minimum atomic E-state index is -3.63. The summed E-state index contributed by atoms with van der Waals surface area (Å²) >= 11 is 0. The summed E-state index contributed by atoms with van der Waals surface area (Å²) in [4.78, 5) is 0.214. The molecule has 0 aliphatic carbocycles. The summed E-state index contributed by atoms with van der Waals surface area (Å²) in [6.45, 7) is 9.37. The molecule has 6 heteroatoms. The third-order valence-corrected chi connectivity index (χ3v) is 5.51. The van der Waals surface area contributed by atoms with Crippen molar-refractivity contribution in [1.82, 2.24) is 4.72 Å². The van der Waals surface area contributed by atoms with Gasteiger partial charge in [-0.25, -0.2) is 13.1 Å². The standard InChI is InChI=1S/C17H27NO4S/c1-5-21-16-9-13(4)15(12(2)3)10-17(16)23(19,20)18-11-14-7-6-8-22-14/h9-10,12,14,18H,5-8,11H2,1-4H3/t14-/m1/s1. The van der Waals surface area contributed by atoms with Crippen molar-refractivity contribution < 1.29 is 17.9 Å². The van der Waals surface area contributed by atoms with Crippen LogP contribution in [0.2, 0.25) is 0 Å². The van der Waals surface area contributed by atoms with Crippen molar-refractivity contribution in [3.63, 3.8) is 0 Å². The number of hydrogen-bond donors (Lipinski definition) is 1. The lowest BCUT2D eigenvalue weighted by Gasteiger charge is -2.18. The molecule has 0 amide bonds. The highest BCUT2D eigenvalue weighted by Crippen LogP contribution is 2.31. The highest BCUT2D eigenvalue weighted by atomic mass is 32.2. The molecule has 5 nitrogen and oxygen atoms in total. The van der Waals surface area contributed by atoms with Crippen LogP contribution in [0.5, 0.6) is 5.75 Å². The maximum Gasteiger partial charge on any atom is 0.244 e. The average molecular weight is 341 g/mol. The largest absolute Gasteiger partial charge is 0.492 e. The van der Waals surface area contributed by atoms with Crippen molar-refractivity contribution in [2.45, 2.75) is 57.5 Å². The lowest BCUT2D eigenvalue weighted by atomic mass is 9.98. The summed E-state index contributed by atoms with van der Waals surface area (Å²) in [7, 11) is -3.63. The second kappa shape index (κ2) is 7.64. The topological polar surface area (TPSA) is 64.6 Å². The van der Waals surface area contributed by atoms with Gasteiger partial charge in [-0.05, 0) is 55.9 Å². The van der Waals surface area contributed by atoms with Crippen molar-refractivity contribution in [2.24, 2.45) is 0 Å². The number of sulfonamides is 1. The summed E-state index contributed by atoms with van der Waals surface area (Å²) in [6.07, 6.45) is 1.85. The molecule has 0 saturated carbocycles. The quantitative estimate of drug-likeness (QED) is 0.828. The summed E-state index contributed by atoms with van der Waals surface area (Å²) in [5, 5.41) is 0. The van der Waals surface area contributed by atoms with Crippen LogP contribution in [0.1, 0.15) is 50.7 Å². The minimum Gasteiger partial charge on any atom is -0.492 e. The van der Waals surface area contributed by atoms with E-state index in [-0.39, 0.29) is 16.9 Å². The maximum atomic E-state index is 12.7. The molecule has 1 N–H and O–H groups in total. The zero-order valence-corrected chi connectivity index (χ0v) is 15.2. The molecule has 0 aromatic heterocycles. The molecule has 0 radical (unpaired) electrons. The van der Waals surface area contributed by atoms with Crippen LogP contribution in [0.4, 0.5) is 0 Å². The Kier molecular flexibility index (Phi) is 6.06. The van der Waals surface area contributed by atoms with Crippen LogP contribution >= 0.6 is 0 Å². The Morgan fingerprint density at radius 3 is 2.70 bits per heavy atom. The lowest BCUT2D eigenvalue weighted by Crippen LogP contribution is -2.32. The molecule has 0 bridgehead atoms. The minimum absolute atomic E-state index is 0.0321. The highest BCUT2D eigenvalue weighted by molar-refractivity contribution is 7.89. The fourth-order valence-electron chi connectivity index (χ4n) is 2.86. The van der Waals surface area contributed by atoms with Gasteiger partial charge in [0.25, 0.3) is 0 Å². The van der Waals surface area contributed by atoms with Gasteiger partial charge in [0.15, 0.2) is 0 Å². The van der Waals surface area contributed by atoms with Crippen LogP contribution in [-0.4, -0.2) is 34.3 Å². The zero-order valence-electron chi connectivity index (χ0n) is 14.4. The SMILES string of the molecule is CCOc1cc(C)c(C(C)C)cc1S(=O)(=O)NC[C@H]1CCCO1. The van der Waals surface area contributed by atoms with Crippen LogP contribution in [0.25, 0.3) is 0 Å². The second-order valence-electron chi connectivity index (χ2n) is 6.23. The first-order valence-electron chi connectivity index (χ1n) is 8.23. The van der Waals surface area contributed by atoms with E-state index in [9.17, 15) is 8.42 Å². The number of hydrogen-bond acceptors (Lipinski definition) is 4. The van der Waals surface area contributed by atoms with E-state index >= 15 is 0 Å². The number of ether oxygens (including phenoxy) is 2. The van der Waals surface area contributed by atoms with Crippen LogP contribution in [0.15, 0.2) is 17.0 Å². The molecule has 0 spiro atoms. The van der Waals surface area contributed by atoms with Crippen LogP contribution in [-0.2, 0) is 14.8 Å². The van der Waals surface area contributed by atoms with Gasteiger partial charge in [0.1, 0.15) is 10.6 Å². The van der Waals surface area contributed by atoms with E-state index in [2.05, 4.69) is 18.6 Å². The van der Waals surface area contributed by atoms with Crippen LogP contribution in [0, 0.1) is 6.92 Å². The molecular weight excluding hydrogens is 314 g/mol. The molecule has 1 atom stereocenters. The third-order valence-electron chi connectivity index (χ3n) is 4.07. The number of nitrogens with one attached hydrogen (secondary N) is 1. The molecule has 130 valence electrons. The molecule has 2 rings (SSSR count). The van der Waals surface area contributed by atoms with E-state index in [0.29, 0.717) is 25.5 Å². The molecule has 0 unspecified atom stereocenters. The first kappa shape index (κ1) is 18.2. The van der Waals surface area contributed by atoms with Crippen molar-refractivity contribution in [3.05, 3.63) is 23.3 Å². The molecule has 1 saturated heterocycles. The van der Waals surface area contributed by atoms with E-state index in [1.807, 2.05) is 19.9 Å². The predicted molar refractivity (Wildman–Crippen MR) is 90.6 cm³/mol. The average Bonchev–Trinajstić information content (AvgIpc) is 2.98. The van der Waals surface area contributed by atoms with Gasteiger partial charge in [-0.2, -0.15) is 0 Å². The smallest absolute Gasteiger partial charge is 0.244 e. The third kappa shape index (κ3) is 4.46. The Bertz CT molecular complexity index is 634. The van der Waals surface area contributed by atoms with Gasteiger partial charge in [0.2, 0.25) is 10.0 Å². The first-order valence-corrected chi connectivity index (χ1v) is 9.72. The fourth-order valence-corrected chi connectivity index (χ4v) is 4.09. The Morgan fingerprint density at radius 2 is 2.13 bits per heavy atom. The zero-order chi connectivity index (χ0) is 17.0. The fraction of sp³-hybridized carbons (Fsp3) is 0.647. The second-order valence-corrected chi connectivity index (χ2v) is 7.97. The molecule has 1 aromatic carbocycles. The maximum absolute atomic E-state index is 12.7. The van der Waals surface area contributed by atoms with E-state index < -0.39 is 10.0 Å². The normalized spacial score (nSPS) is 18.6. The monoisotopic (exact) mass is 341 g/mol. The Morgan fingerprint density at radius 1 is 1.39 bits per heavy atom. The molecule has 1 aliphatic heterocycles. The van der Waals surface area contributed by atoms with Gasteiger partial charge in [-0.1, -0.05) is 13.8 Å². The molecule has 1 aliphatic rings. The lowest BCUT2D eigenvalue weighted by molar-refractivity contribution is 0.114. The number of rotatable bonds is 7. The van der Waals surface area contributed by atoms with Gasteiger partial charge in [0, 0.05) is 13.2 Å². The summed E-state index contributed by atoms with van der Waals surface area (Å²) in [6, 6.07) is 3.56. The predicted octanol–water partition coefficient (Wildman–Crippen LogP) is 2.97. The van der Waals surface area contributed by atoms with E-state index in [1.54, 1.807) is 6.07 Å². The first-order chi connectivity index (χ1) is 10.8. The van der Waals surface area contributed by atoms with E-state index in [4.69, 9.17) is 9.47 Å². The summed E-state index contributed by atoms with van der Waals surface area (Å²) < 4.78 is 39.2. The van der Waals surface area contributed by atoms with Gasteiger partial charge in [-0.3, -0.25) is 0 Å².